The first kappa shape index (κ1) is 28.3. The van der Waals surface area contributed by atoms with Gasteiger partial charge in [0.05, 0.1) is 0 Å². The van der Waals surface area contributed by atoms with Crippen LogP contribution in [-0.4, -0.2) is 0 Å². The predicted molar refractivity (Wildman–Crippen MR) is 212 cm³/mol. The molecule has 2 heteroatoms. The van der Waals surface area contributed by atoms with Crippen LogP contribution in [0.5, 0.6) is 0 Å². The standard InChI is InChI=1S/C47H33NS/c1-47(2)42-13-7-5-11-38(42)39-25-24-37(29-43(39)47)48(35-21-17-31(18-22-35)34-16-15-30-9-3-4-10-33(30)27-34)36-23-19-32-20-26-45-46(41(32)28-36)40-12-6-8-14-44(40)49-45/h3-29H,1-2H3. The quantitative estimate of drug-likeness (QED) is 0.184. The summed E-state index contributed by atoms with van der Waals surface area (Å²) in [6.45, 7) is 4.72. The van der Waals surface area contributed by atoms with Gasteiger partial charge in [-0.05, 0) is 110 Å². The number of rotatable bonds is 4. The second-order valence-electron chi connectivity index (χ2n) is 13.8. The molecule has 0 N–H and O–H groups in total. The van der Waals surface area contributed by atoms with Gasteiger partial charge in [-0.25, -0.2) is 0 Å². The molecule has 49 heavy (non-hydrogen) atoms. The smallest absolute Gasteiger partial charge is 0.0468 e. The van der Waals surface area contributed by atoms with Gasteiger partial charge < -0.3 is 4.90 Å². The second-order valence-corrected chi connectivity index (χ2v) is 14.9. The van der Waals surface area contributed by atoms with Crippen molar-refractivity contribution in [2.24, 2.45) is 0 Å². The van der Waals surface area contributed by atoms with Crippen molar-refractivity contribution < 1.29 is 0 Å². The summed E-state index contributed by atoms with van der Waals surface area (Å²) >= 11 is 1.88. The topological polar surface area (TPSA) is 3.24 Å². The van der Waals surface area contributed by atoms with E-state index in [2.05, 4.69) is 183 Å². The molecule has 0 bridgehead atoms. The van der Waals surface area contributed by atoms with Gasteiger partial charge in [0.25, 0.3) is 0 Å². The fourth-order valence-electron chi connectivity index (χ4n) is 8.12. The molecule has 0 radical (unpaired) electrons. The molecular formula is C47H33NS. The van der Waals surface area contributed by atoms with Crippen molar-refractivity contribution in [2.45, 2.75) is 19.3 Å². The van der Waals surface area contributed by atoms with Crippen LogP contribution in [0.4, 0.5) is 17.1 Å². The van der Waals surface area contributed by atoms with Crippen LogP contribution >= 0.6 is 11.3 Å². The highest BCUT2D eigenvalue weighted by Crippen LogP contribution is 2.51. The van der Waals surface area contributed by atoms with Gasteiger partial charge in [0.15, 0.2) is 0 Å². The van der Waals surface area contributed by atoms with E-state index in [0.717, 1.165) is 11.4 Å². The maximum atomic E-state index is 2.44. The maximum absolute atomic E-state index is 2.44. The first-order chi connectivity index (χ1) is 24.0. The van der Waals surface area contributed by atoms with Crippen molar-refractivity contribution in [2.75, 3.05) is 4.90 Å². The second kappa shape index (κ2) is 10.7. The highest BCUT2D eigenvalue weighted by molar-refractivity contribution is 7.26. The lowest BCUT2D eigenvalue weighted by molar-refractivity contribution is 0.660. The minimum absolute atomic E-state index is 0.0846. The van der Waals surface area contributed by atoms with Crippen molar-refractivity contribution in [3.05, 3.63) is 175 Å². The van der Waals surface area contributed by atoms with E-state index in [0.29, 0.717) is 0 Å². The molecule has 0 fully saturated rings. The average Bonchev–Trinajstić information content (AvgIpc) is 3.64. The lowest BCUT2D eigenvalue weighted by Gasteiger charge is -2.28. The van der Waals surface area contributed by atoms with Crippen molar-refractivity contribution >= 4 is 70.1 Å². The molecule has 0 aliphatic heterocycles. The Hall–Kier alpha value is -5.70. The summed E-state index contributed by atoms with van der Waals surface area (Å²) in [6.07, 6.45) is 0. The van der Waals surface area contributed by atoms with Crippen molar-refractivity contribution in [3.8, 4) is 22.3 Å². The Morgan fingerprint density at radius 3 is 1.98 bits per heavy atom. The average molecular weight is 644 g/mol. The third-order valence-electron chi connectivity index (χ3n) is 10.6. The Kier molecular flexibility index (Phi) is 6.16. The van der Waals surface area contributed by atoms with Crippen molar-refractivity contribution in [1.29, 1.82) is 0 Å². The Morgan fingerprint density at radius 2 is 1.08 bits per heavy atom. The number of nitrogens with zero attached hydrogens (tertiary/aromatic N) is 1. The summed E-state index contributed by atoms with van der Waals surface area (Å²) in [4.78, 5) is 2.44. The van der Waals surface area contributed by atoms with Crippen LogP contribution < -0.4 is 4.90 Å². The molecule has 0 atom stereocenters. The number of anilines is 3. The lowest BCUT2D eigenvalue weighted by atomic mass is 9.82. The molecule has 0 unspecified atom stereocenters. The number of hydrogen-bond donors (Lipinski definition) is 0. The molecule has 1 aliphatic rings. The van der Waals surface area contributed by atoms with E-state index in [-0.39, 0.29) is 5.41 Å². The fraction of sp³-hybridized carbons (Fsp3) is 0.0638. The van der Waals surface area contributed by atoms with Crippen LogP contribution in [0.15, 0.2) is 164 Å². The minimum Gasteiger partial charge on any atom is -0.310 e. The van der Waals surface area contributed by atoms with Gasteiger partial charge in [0.2, 0.25) is 0 Å². The SMILES string of the molecule is CC1(C)c2ccccc2-c2ccc(N(c3ccc(-c4ccc5ccccc5c4)cc3)c3ccc4ccc5sc6ccccc6c5c4c3)cc21. The Labute approximate surface area is 290 Å². The zero-order valence-electron chi connectivity index (χ0n) is 27.4. The number of benzene rings is 8. The summed E-state index contributed by atoms with van der Waals surface area (Å²) in [6, 6.07) is 60.7. The summed E-state index contributed by atoms with van der Waals surface area (Å²) < 4.78 is 2.66. The Morgan fingerprint density at radius 1 is 0.429 bits per heavy atom. The van der Waals surface area contributed by atoms with Crippen molar-refractivity contribution in [3.63, 3.8) is 0 Å². The van der Waals surface area contributed by atoms with Crippen LogP contribution in [0, 0.1) is 0 Å². The zero-order chi connectivity index (χ0) is 32.7. The molecule has 1 aliphatic carbocycles. The summed E-state index contributed by atoms with van der Waals surface area (Å²) in [5.41, 5.74) is 11.3. The molecule has 1 nitrogen and oxygen atoms in total. The van der Waals surface area contributed by atoms with E-state index < -0.39 is 0 Å². The molecule has 8 aromatic carbocycles. The monoisotopic (exact) mass is 643 g/mol. The van der Waals surface area contributed by atoms with Crippen LogP contribution in [0.1, 0.15) is 25.0 Å². The van der Waals surface area contributed by atoms with Gasteiger partial charge in [0.1, 0.15) is 0 Å². The zero-order valence-corrected chi connectivity index (χ0v) is 28.3. The van der Waals surface area contributed by atoms with E-state index in [9.17, 15) is 0 Å². The van der Waals surface area contributed by atoms with Crippen LogP contribution in [0.25, 0.3) is 64.0 Å². The van der Waals surface area contributed by atoms with Gasteiger partial charge in [-0.2, -0.15) is 0 Å². The molecule has 0 spiro atoms. The van der Waals surface area contributed by atoms with E-state index >= 15 is 0 Å². The molecule has 232 valence electrons. The molecule has 0 saturated carbocycles. The van der Waals surface area contributed by atoms with Crippen molar-refractivity contribution in [1.82, 2.24) is 0 Å². The summed E-state index contributed by atoms with van der Waals surface area (Å²) in [5, 5.41) is 7.75. The molecule has 0 saturated heterocycles. The first-order valence-corrected chi connectivity index (χ1v) is 17.8. The molecule has 9 aromatic rings. The van der Waals surface area contributed by atoms with Gasteiger partial charge in [-0.15, -0.1) is 11.3 Å². The van der Waals surface area contributed by atoms with E-state index in [1.807, 2.05) is 11.3 Å². The number of fused-ring (bicyclic) bond motifs is 9. The normalized spacial score (nSPS) is 13.3. The predicted octanol–water partition coefficient (Wildman–Crippen LogP) is 13.8. The molecule has 0 amide bonds. The Bertz CT molecular complexity index is 2750. The summed E-state index contributed by atoms with van der Waals surface area (Å²) in [5.74, 6) is 0. The largest absolute Gasteiger partial charge is 0.310 e. The fourth-order valence-corrected chi connectivity index (χ4v) is 9.24. The van der Waals surface area contributed by atoms with Gasteiger partial charge in [0, 0.05) is 42.6 Å². The molecule has 1 heterocycles. The minimum atomic E-state index is -0.0846. The van der Waals surface area contributed by atoms with Crippen LogP contribution in [-0.2, 0) is 5.41 Å². The number of hydrogen-bond acceptors (Lipinski definition) is 2. The third-order valence-corrected chi connectivity index (χ3v) is 11.8. The van der Waals surface area contributed by atoms with Gasteiger partial charge in [-0.3, -0.25) is 0 Å². The highest BCUT2D eigenvalue weighted by atomic mass is 32.1. The summed E-state index contributed by atoms with van der Waals surface area (Å²) in [7, 11) is 0. The third kappa shape index (κ3) is 4.38. The number of thiophene rings is 1. The van der Waals surface area contributed by atoms with Gasteiger partial charge in [-0.1, -0.05) is 123 Å². The van der Waals surface area contributed by atoms with Crippen LogP contribution in [0.2, 0.25) is 0 Å². The van der Waals surface area contributed by atoms with E-state index in [4.69, 9.17) is 0 Å². The molecular weight excluding hydrogens is 611 g/mol. The van der Waals surface area contributed by atoms with Crippen LogP contribution in [0.3, 0.4) is 0 Å². The lowest BCUT2D eigenvalue weighted by Crippen LogP contribution is -2.16. The Balaban J connectivity index is 1.16. The molecule has 10 rings (SSSR count). The molecule has 1 aromatic heterocycles. The maximum Gasteiger partial charge on any atom is 0.0468 e. The van der Waals surface area contributed by atoms with E-state index in [1.165, 1.54) is 80.8 Å². The van der Waals surface area contributed by atoms with E-state index in [1.54, 1.807) is 0 Å². The highest BCUT2D eigenvalue weighted by Gasteiger charge is 2.35. The van der Waals surface area contributed by atoms with Gasteiger partial charge >= 0.3 is 0 Å². The first-order valence-electron chi connectivity index (χ1n) is 17.0.